The van der Waals surface area contributed by atoms with E-state index in [1.54, 1.807) is 6.07 Å². The number of likely N-dealkylation sites (N-methyl/N-ethyl adjacent to an activating group) is 1. The molecule has 94 valence electrons. The van der Waals surface area contributed by atoms with Gasteiger partial charge < -0.3 is 10.1 Å². The molecule has 0 atom stereocenters. The van der Waals surface area contributed by atoms with E-state index in [9.17, 15) is 4.79 Å². The maximum absolute atomic E-state index is 12.3. The second-order valence-electron chi connectivity index (χ2n) is 4.45. The van der Waals surface area contributed by atoms with Crippen LogP contribution in [0.2, 0.25) is 0 Å². The number of hydrogen-bond donors (Lipinski definition) is 1. The number of nitrogens with one attached hydrogen (secondary N) is 1. The molecule has 0 aliphatic carbocycles. The van der Waals surface area contributed by atoms with Crippen LogP contribution in [-0.4, -0.2) is 24.5 Å². The first kappa shape index (κ1) is 13.7. The van der Waals surface area contributed by atoms with Crippen molar-refractivity contribution in [3.8, 4) is 5.75 Å². The molecule has 0 spiro atoms. The van der Waals surface area contributed by atoms with Crippen LogP contribution in [0.25, 0.3) is 0 Å². The van der Waals surface area contributed by atoms with Gasteiger partial charge in [-0.15, -0.1) is 0 Å². The topological polar surface area (TPSA) is 38.3 Å². The zero-order valence-electron chi connectivity index (χ0n) is 11.0. The van der Waals surface area contributed by atoms with Crippen LogP contribution in [0.15, 0.2) is 24.3 Å². The number of carbonyl (C=O) groups excluding carboxylic acids is 1. The lowest BCUT2D eigenvalue weighted by molar-refractivity contribution is 0.0883. The fourth-order valence-corrected chi connectivity index (χ4v) is 1.78. The van der Waals surface area contributed by atoms with Crippen molar-refractivity contribution >= 4 is 5.78 Å². The van der Waals surface area contributed by atoms with Gasteiger partial charge in [0.15, 0.2) is 5.78 Å². The first-order chi connectivity index (χ1) is 8.01. The number of carbonyl (C=O) groups is 1. The van der Waals surface area contributed by atoms with Gasteiger partial charge >= 0.3 is 0 Å². The summed E-state index contributed by atoms with van der Waals surface area (Å²) in [5.41, 5.74) is 0.140. The molecule has 0 fully saturated rings. The summed E-state index contributed by atoms with van der Waals surface area (Å²) in [7, 11) is 0. The van der Waals surface area contributed by atoms with Crippen molar-refractivity contribution in [2.45, 2.75) is 33.2 Å². The van der Waals surface area contributed by atoms with E-state index in [1.807, 2.05) is 45.9 Å². The second kappa shape index (κ2) is 5.82. The number of benzene rings is 1. The lowest BCUT2D eigenvalue weighted by Crippen LogP contribution is -2.46. The van der Waals surface area contributed by atoms with Gasteiger partial charge in [-0.05, 0) is 39.4 Å². The van der Waals surface area contributed by atoms with Crippen molar-refractivity contribution in [1.29, 1.82) is 0 Å². The third-order valence-corrected chi connectivity index (χ3v) is 2.59. The second-order valence-corrected chi connectivity index (χ2v) is 4.45. The molecule has 0 aliphatic rings. The molecule has 0 heterocycles. The van der Waals surface area contributed by atoms with Gasteiger partial charge in [0.25, 0.3) is 0 Å². The summed E-state index contributed by atoms with van der Waals surface area (Å²) in [5, 5.41) is 3.18. The van der Waals surface area contributed by atoms with E-state index in [4.69, 9.17) is 4.74 Å². The molecule has 0 radical (unpaired) electrons. The number of rotatable bonds is 6. The van der Waals surface area contributed by atoms with Crippen molar-refractivity contribution in [1.82, 2.24) is 5.32 Å². The van der Waals surface area contributed by atoms with Crippen molar-refractivity contribution in [2.75, 3.05) is 13.2 Å². The molecule has 0 aliphatic heterocycles. The van der Waals surface area contributed by atoms with Gasteiger partial charge in [0.05, 0.1) is 12.1 Å². The van der Waals surface area contributed by atoms with Gasteiger partial charge in [-0.25, -0.2) is 0 Å². The molecule has 3 heteroatoms. The zero-order valence-corrected chi connectivity index (χ0v) is 11.0. The Kier molecular flexibility index (Phi) is 4.70. The Morgan fingerprint density at radius 1 is 1.35 bits per heavy atom. The van der Waals surface area contributed by atoms with Gasteiger partial charge in [-0.3, -0.25) is 4.79 Å². The molecular weight excluding hydrogens is 214 g/mol. The van der Waals surface area contributed by atoms with E-state index >= 15 is 0 Å². The Morgan fingerprint density at radius 3 is 2.65 bits per heavy atom. The molecule has 0 bridgehead atoms. The van der Waals surface area contributed by atoms with Crippen LogP contribution in [0, 0.1) is 0 Å². The summed E-state index contributed by atoms with van der Waals surface area (Å²) >= 11 is 0. The van der Waals surface area contributed by atoms with Crippen LogP contribution in [-0.2, 0) is 0 Å². The lowest BCUT2D eigenvalue weighted by Gasteiger charge is -2.24. The fourth-order valence-electron chi connectivity index (χ4n) is 1.78. The van der Waals surface area contributed by atoms with E-state index in [-0.39, 0.29) is 5.78 Å². The highest BCUT2D eigenvalue weighted by atomic mass is 16.5. The average molecular weight is 235 g/mol. The smallest absolute Gasteiger partial charge is 0.182 e. The molecule has 0 aromatic heterocycles. The van der Waals surface area contributed by atoms with Gasteiger partial charge in [-0.1, -0.05) is 19.1 Å². The Balaban J connectivity index is 2.92. The molecule has 1 aromatic carbocycles. The molecular formula is C14H21NO2. The minimum atomic E-state index is -0.542. The van der Waals surface area contributed by atoms with Crippen LogP contribution in [0.4, 0.5) is 0 Å². The van der Waals surface area contributed by atoms with Crippen molar-refractivity contribution < 1.29 is 9.53 Å². The average Bonchev–Trinajstić information content (AvgIpc) is 2.29. The predicted octanol–water partition coefficient (Wildman–Crippen LogP) is 2.66. The predicted molar refractivity (Wildman–Crippen MR) is 69.7 cm³/mol. The quantitative estimate of drug-likeness (QED) is 0.770. The summed E-state index contributed by atoms with van der Waals surface area (Å²) in [6.07, 6.45) is 0. The third-order valence-electron chi connectivity index (χ3n) is 2.59. The van der Waals surface area contributed by atoms with Crippen LogP contribution in [0.3, 0.4) is 0 Å². The highest BCUT2D eigenvalue weighted by Gasteiger charge is 2.27. The summed E-state index contributed by atoms with van der Waals surface area (Å²) in [6.45, 7) is 9.08. The van der Waals surface area contributed by atoms with Gasteiger partial charge in [-0.2, -0.15) is 0 Å². The van der Waals surface area contributed by atoms with E-state index < -0.39 is 5.54 Å². The number of ketones is 1. The number of ether oxygens (including phenoxy) is 1. The number of Topliss-reactive ketones (excluding diaryl/α,β-unsaturated/α-hetero) is 1. The Bertz CT molecular complexity index is 386. The van der Waals surface area contributed by atoms with Crippen LogP contribution in [0.1, 0.15) is 38.1 Å². The van der Waals surface area contributed by atoms with E-state index in [0.29, 0.717) is 12.2 Å². The molecule has 0 saturated carbocycles. The maximum atomic E-state index is 12.3. The largest absolute Gasteiger partial charge is 0.494 e. The molecule has 0 unspecified atom stereocenters. The SMILES string of the molecule is CCNC(C)(C)C(=O)c1cccc(OCC)c1. The molecule has 1 aromatic rings. The Labute approximate surface area is 103 Å². The molecule has 1 rings (SSSR count). The van der Waals surface area contributed by atoms with E-state index in [1.165, 1.54) is 0 Å². The Morgan fingerprint density at radius 2 is 2.06 bits per heavy atom. The fraction of sp³-hybridized carbons (Fsp3) is 0.500. The van der Waals surface area contributed by atoms with Gasteiger partial charge in [0, 0.05) is 5.56 Å². The van der Waals surface area contributed by atoms with Crippen molar-refractivity contribution in [3.05, 3.63) is 29.8 Å². The summed E-state index contributed by atoms with van der Waals surface area (Å²) in [4.78, 5) is 12.3. The minimum Gasteiger partial charge on any atom is -0.494 e. The third kappa shape index (κ3) is 3.56. The Hall–Kier alpha value is -1.35. The lowest BCUT2D eigenvalue weighted by atomic mass is 9.93. The molecule has 0 amide bonds. The molecule has 17 heavy (non-hydrogen) atoms. The van der Waals surface area contributed by atoms with Crippen molar-refractivity contribution in [2.24, 2.45) is 0 Å². The van der Waals surface area contributed by atoms with Crippen LogP contribution >= 0.6 is 0 Å². The molecule has 3 nitrogen and oxygen atoms in total. The summed E-state index contributed by atoms with van der Waals surface area (Å²) in [5.74, 6) is 0.826. The first-order valence-electron chi connectivity index (χ1n) is 6.04. The van der Waals surface area contributed by atoms with Crippen LogP contribution in [0.5, 0.6) is 5.75 Å². The van der Waals surface area contributed by atoms with Gasteiger partial charge in [0.1, 0.15) is 5.75 Å². The maximum Gasteiger partial charge on any atom is 0.182 e. The monoisotopic (exact) mass is 235 g/mol. The van der Waals surface area contributed by atoms with Crippen molar-refractivity contribution in [3.63, 3.8) is 0 Å². The zero-order chi connectivity index (χ0) is 12.9. The molecule has 1 N–H and O–H groups in total. The highest BCUT2D eigenvalue weighted by molar-refractivity contribution is 6.02. The normalized spacial score (nSPS) is 11.3. The number of hydrogen-bond acceptors (Lipinski definition) is 3. The standard InChI is InChI=1S/C14H21NO2/c1-5-15-14(3,4)13(16)11-8-7-9-12(10-11)17-6-2/h7-10,15H,5-6H2,1-4H3. The first-order valence-corrected chi connectivity index (χ1v) is 6.04. The minimum absolute atomic E-state index is 0.0842. The van der Waals surface area contributed by atoms with E-state index in [2.05, 4.69) is 5.32 Å². The highest BCUT2D eigenvalue weighted by Crippen LogP contribution is 2.18. The molecule has 0 saturated heterocycles. The van der Waals surface area contributed by atoms with Gasteiger partial charge in [0.2, 0.25) is 0 Å². The summed E-state index contributed by atoms with van der Waals surface area (Å²) < 4.78 is 5.40. The summed E-state index contributed by atoms with van der Waals surface area (Å²) in [6, 6.07) is 7.33. The van der Waals surface area contributed by atoms with E-state index in [0.717, 1.165) is 12.3 Å². The van der Waals surface area contributed by atoms with Crippen LogP contribution < -0.4 is 10.1 Å².